The van der Waals surface area contributed by atoms with Crippen molar-refractivity contribution in [1.29, 1.82) is 0 Å². The van der Waals surface area contributed by atoms with Crippen LogP contribution < -0.4 is 21.5 Å². The molecule has 34 heavy (non-hydrogen) atoms. The van der Waals surface area contributed by atoms with E-state index in [0.717, 1.165) is 0 Å². The van der Waals surface area contributed by atoms with Gasteiger partial charge in [-0.05, 0) is 42.3 Å². The van der Waals surface area contributed by atoms with Crippen LogP contribution in [0.4, 0.5) is 5.69 Å². The molecular formula is C25H26N4O5. The molecule has 0 saturated carbocycles. The minimum Gasteiger partial charge on any atom is -0.459 e. The van der Waals surface area contributed by atoms with Gasteiger partial charge in [-0.2, -0.15) is 0 Å². The Labute approximate surface area is 196 Å². The molecule has 0 fully saturated rings. The van der Waals surface area contributed by atoms with Gasteiger partial charge >= 0.3 is 0 Å². The first-order valence-electron chi connectivity index (χ1n) is 10.8. The average molecular weight is 463 g/mol. The van der Waals surface area contributed by atoms with E-state index in [2.05, 4.69) is 21.5 Å². The lowest BCUT2D eigenvalue weighted by Gasteiger charge is -2.24. The fourth-order valence-electron chi connectivity index (χ4n) is 3.16. The van der Waals surface area contributed by atoms with Crippen molar-refractivity contribution in [2.45, 2.75) is 26.3 Å². The standard InChI is InChI=1S/C25H26N4O5/c1-3-16(2)21(25(33)29-28-22(30)17-10-5-4-6-11-17)27-23(31)18-12-7-8-13-19(18)26-24(32)20-14-9-15-34-20/h4-16,21H,3H2,1-2H3,(H,26,32)(H,27,31)(H,28,30)(H,29,33)/t16-,21+/m0/s1. The molecule has 3 aromatic rings. The summed E-state index contributed by atoms with van der Waals surface area (Å²) in [4.78, 5) is 50.5. The third kappa shape index (κ3) is 6.10. The molecule has 4 N–H and O–H groups in total. The molecule has 1 heterocycles. The average Bonchev–Trinajstić information content (AvgIpc) is 3.41. The number of anilines is 1. The summed E-state index contributed by atoms with van der Waals surface area (Å²) in [5.41, 5.74) is 5.58. The number of amides is 4. The van der Waals surface area contributed by atoms with Crippen molar-refractivity contribution in [3.8, 4) is 0 Å². The van der Waals surface area contributed by atoms with Gasteiger partial charge in [0.25, 0.3) is 23.6 Å². The Hall–Kier alpha value is -4.40. The van der Waals surface area contributed by atoms with E-state index in [-0.39, 0.29) is 22.9 Å². The van der Waals surface area contributed by atoms with Crippen molar-refractivity contribution >= 4 is 29.3 Å². The highest BCUT2D eigenvalue weighted by atomic mass is 16.3. The van der Waals surface area contributed by atoms with Gasteiger partial charge < -0.3 is 15.1 Å². The minimum atomic E-state index is -0.928. The van der Waals surface area contributed by atoms with Gasteiger partial charge in [-0.1, -0.05) is 50.6 Å². The fraction of sp³-hybridized carbons (Fsp3) is 0.200. The Morgan fingerprint density at radius 1 is 0.824 bits per heavy atom. The lowest BCUT2D eigenvalue weighted by Crippen LogP contribution is -2.54. The van der Waals surface area contributed by atoms with Gasteiger partial charge in [0, 0.05) is 5.56 Å². The first kappa shape index (κ1) is 24.2. The van der Waals surface area contributed by atoms with E-state index in [4.69, 9.17) is 4.42 Å². The third-order valence-electron chi connectivity index (χ3n) is 5.28. The van der Waals surface area contributed by atoms with Crippen molar-refractivity contribution < 1.29 is 23.6 Å². The second kappa shape index (κ2) is 11.5. The van der Waals surface area contributed by atoms with E-state index in [0.29, 0.717) is 12.0 Å². The molecule has 9 nitrogen and oxygen atoms in total. The smallest absolute Gasteiger partial charge is 0.291 e. The van der Waals surface area contributed by atoms with Crippen LogP contribution in [0, 0.1) is 5.92 Å². The van der Waals surface area contributed by atoms with E-state index < -0.39 is 29.7 Å². The van der Waals surface area contributed by atoms with Crippen LogP contribution in [0.25, 0.3) is 0 Å². The van der Waals surface area contributed by atoms with Crippen LogP contribution in [0.5, 0.6) is 0 Å². The zero-order chi connectivity index (χ0) is 24.5. The molecule has 176 valence electrons. The predicted molar refractivity (Wildman–Crippen MR) is 126 cm³/mol. The first-order valence-corrected chi connectivity index (χ1v) is 10.8. The zero-order valence-corrected chi connectivity index (χ0v) is 18.8. The summed E-state index contributed by atoms with van der Waals surface area (Å²) in [6.07, 6.45) is 1.97. The largest absolute Gasteiger partial charge is 0.459 e. The second-order valence-corrected chi connectivity index (χ2v) is 7.62. The number of carbonyl (C=O) groups excluding carboxylic acids is 4. The van der Waals surface area contributed by atoms with E-state index in [9.17, 15) is 19.2 Å². The predicted octanol–water partition coefficient (Wildman–Crippen LogP) is 3.14. The molecule has 2 atom stereocenters. The SMILES string of the molecule is CC[C@H](C)[C@@H](NC(=O)c1ccccc1NC(=O)c1ccco1)C(=O)NNC(=O)c1ccccc1. The molecule has 0 radical (unpaired) electrons. The van der Waals surface area contributed by atoms with Crippen molar-refractivity contribution in [2.75, 3.05) is 5.32 Å². The number of benzene rings is 2. The number of nitrogens with one attached hydrogen (secondary N) is 4. The van der Waals surface area contributed by atoms with E-state index >= 15 is 0 Å². The summed E-state index contributed by atoms with van der Waals surface area (Å²) in [5.74, 6) is -2.24. The molecule has 0 aliphatic heterocycles. The molecular weight excluding hydrogens is 436 g/mol. The van der Waals surface area contributed by atoms with Crippen LogP contribution in [0.15, 0.2) is 77.4 Å². The van der Waals surface area contributed by atoms with Crippen molar-refractivity contribution in [2.24, 2.45) is 5.92 Å². The number of carbonyl (C=O) groups is 4. The van der Waals surface area contributed by atoms with Gasteiger partial charge in [-0.25, -0.2) is 0 Å². The molecule has 1 aromatic heterocycles. The quantitative estimate of drug-likeness (QED) is 0.382. The summed E-state index contributed by atoms with van der Waals surface area (Å²) < 4.78 is 5.09. The maximum Gasteiger partial charge on any atom is 0.291 e. The number of hydrazine groups is 1. The maximum atomic E-state index is 13.1. The number of hydrogen-bond acceptors (Lipinski definition) is 5. The maximum absolute atomic E-state index is 13.1. The second-order valence-electron chi connectivity index (χ2n) is 7.62. The molecule has 2 aromatic carbocycles. The fourth-order valence-corrected chi connectivity index (χ4v) is 3.16. The van der Waals surface area contributed by atoms with Gasteiger partial charge in [-0.3, -0.25) is 30.0 Å². The highest BCUT2D eigenvalue weighted by molar-refractivity contribution is 6.08. The van der Waals surface area contributed by atoms with Gasteiger partial charge in [-0.15, -0.1) is 0 Å². The Bertz CT molecular complexity index is 1150. The van der Waals surface area contributed by atoms with Crippen LogP contribution in [0.3, 0.4) is 0 Å². The molecule has 0 bridgehead atoms. The first-order chi connectivity index (χ1) is 16.4. The zero-order valence-electron chi connectivity index (χ0n) is 18.8. The van der Waals surface area contributed by atoms with Gasteiger partial charge in [0.05, 0.1) is 17.5 Å². The summed E-state index contributed by atoms with van der Waals surface area (Å²) in [6, 6.07) is 17.0. The normalized spacial score (nSPS) is 12.2. The highest BCUT2D eigenvalue weighted by Gasteiger charge is 2.28. The summed E-state index contributed by atoms with van der Waals surface area (Å²) >= 11 is 0. The number of para-hydroxylation sites is 1. The van der Waals surface area contributed by atoms with Crippen LogP contribution in [-0.2, 0) is 4.79 Å². The molecule has 0 aliphatic rings. The lowest BCUT2D eigenvalue weighted by molar-refractivity contribution is -0.124. The minimum absolute atomic E-state index is 0.0984. The lowest BCUT2D eigenvalue weighted by atomic mass is 9.98. The molecule has 0 spiro atoms. The summed E-state index contributed by atoms with van der Waals surface area (Å²) in [6.45, 7) is 3.70. The molecule has 0 unspecified atom stereocenters. The van der Waals surface area contributed by atoms with E-state index in [1.54, 1.807) is 54.6 Å². The van der Waals surface area contributed by atoms with Crippen LogP contribution in [-0.4, -0.2) is 29.7 Å². The van der Waals surface area contributed by atoms with Crippen LogP contribution in [0.1, 0.15) is 51.5 Å². The van der Waals surface area contributed by atoms with E-state index in [1.165, 1.54) is 18.4 Å². The Kier molecular flexibility index (Phi) is 8.17. The number of hydrogen-bond donors (Lipinski definition) is 4. The molecule has 0 aliphatic carbocycles. The van der Waals surface area contributed by atoms with Gasteiger partial charge in [0.2, 0.25) is 0 Å². The van der Waals surface area contributed by atoms with Gasteiger partial charge in [0.15, 0.2) is 5.76 Å². The number of furan rings is 1. The topological polar surface area (TPSA) is 130 Å². The van der Waals surface area contributed by atoms with Crippen LogP contribution in [0.2, 0.25) is 0 Å². The van der Waals surface area contributed by atoms with Crippen molar-refractivity contribution in [3.63, 3.8) is 0 Å². The van der Waals surface area contributed by atoms with Crippen LogP contribution >= 0.6 is 0 Å². The Morgan fingerprint density at radius 3 is 2.21 bits per heavy atom. The van der Waals surface area contributed by atoms with Gasteiger partial charge in [0.1, 0.15) is 6.04 Å². The monoisotopic (exact) mass is 462 g/mol. The highest BCUT2D eigenvalue weighted by Crippen LogP contribution is 2.18. The summed E-state index contributed by atoms with van der Waals surface area (Å²) in [5, 5.41) is 5.37. The summed E-state index contributed by atoms with van der Waals surface area (Å²) in [7, 11) is 0. The Morgan fingerprint density at radius 2 is 1.53 bits per heavy atom. The third-order valence-corrected chi connectivity index (χ3v) is 5.28. The number of rotatable bonds is 8. The van der Waals surface area contributed by atoms with Crippen molar-refractivity contribution in [3.05, 3.63) is 89.9 Å². The molecule has 3 rings (SSSR count). The molecule has 0 saturated heterocycles. The van der Waals surface area contributed by atoms with E-state index in [1.807, 2.05) is 13.8 Å². The Balaban J connectivity index is 1.70. The molecule has 9 heteroatoms. The van der Waals surface area contributed by atoms with Crippen molar-refractivity contribution in [1.82, 2.24) is 16.2 Å². The molecule has 4 amide bonds.